The van der Waals surface area contributed by atoms with Gasteiger partial charge < -0.3 is 5.32 Å². The van der Waals surface area contributed by atoms with E-state index in [2.05, 4.69) is 17.0 Å². The first kappa shape index (κ1) is 15.1. The summed E-state index contributed by atoms with van der Waals surface area (Å²) in [4.78, 5) is 0. The van der Waals surface area contributed by atoms with E-state index in [9.17, 15) is 8.42 Å². The molecule has 0 spiro atoms. The largest absolute Gasteiger partial charge is 0.313 e. The van der Waals surface area contributed by atoms with Gasteiger partial charge in [0.15, 0.2) is 0 Å². The molecule has 0 aliphatic heterocycles. The van der Waals surface area contributed by atoms with Crippen LogP contribution in [0.15, 0.2) is 24.3 Å². The van der Waals surface area contributed by atoms with Crippen molar-refractivity contribution in [2.24, 2.45) is 0 Å². The Hall–Kier alpha value is -0.910. The average Bonchev–Trinajstić information content (AvgIpc) is 2.26. The zero-order valence-electron chi connectivity index (χ0n) is 11.2. The number of nitrogens with one attached hydrogen (secondary N) is 2. The second kappa shape index (κ2) is 6.87. The van der Waals surface area contributed by atoms with Gasteiger partial charge in [-0.2, -0.15) is 0 Å². The van der Waals surface area contributed by atoms with Gasteiger partial charge in [-0.3, -0.25) is 0 Å². The molecule has 0 heterocycles. The Morgan fingerprint density at radius 1 is 1.11 bits per heavy atom. The highest BCUT2D eigenvalue weighted by molar-refractivity contribution is 7.88. The van der Waals surface area contributed by atoms with Gasteiger partial charge in [-0.15, -0.1) is 0 Å². The molecule has 1 aromatic rings. The van der Waals surface area contributed by atoms with E-state index in [-0.39, 0.29) is 11.8 Å². The van der Waals surface area contributed by atoms with Crippen LogP contribution >= 0.6 is 0 Å². The van der Waals surface area contributed by atoms with Crippen molar-refractivity contribution in [3.63, 3.8) is 0 Å². The van der Waals surface area contributed by atoms with Gasteiger partial charge in [-0.1, -0.05) is 31.2 Å². The molecule has 0 unspecified atom stereocenters. The van der Waals surface area contributed by atoms with Crippen molar-refractivity contribution < 1.29 is 8.42 Å². The molecule has 0 amide bonds. The minimum atomic E-state index is -3.23. The second-order valence-electron chi connectivity index (χ2n) is 4.63. The van der Waals surface area contributed by atoms with Crippen LogP contribution in [0.1, 0.15) is 31.9 Å². The highest BCUT2D eigenvalue weighted by Crippen LogP contribution is 2.08. The molecular formula is C13H22N2O2S. The summed E-state index contributed by atoms with van der Waals surface area (Å²) < 4.78 is 26.1. The maximum absolute atomic E-state index is 11.7. The first-order chi connectivity index (χ1) is 8.43. The van der Waals surface area contributed by atoms with Crippen molar-refractivity contribution in [3.8, 4) is 0 Å². The summed E-state index contributed by atoms with van der Waals surface area (Å²) in [5.74, 6) is 0.0344. The summed E-state index contributed by atoms with van der Waals surface area (Å²) >= 11 is 0. The Bertz CT molecular complexity index is 452. The van der Waals surface area contributed by atoms with E-state index in [4.69, 9.17) is 0 Å². The predicted molar refractivity (Wildman–Crippen MR) is 74.7 cm³/mol. The zero-order chi connectivity index (χ0) is 13.6. The van der Waals surface area contributed by atoms with E-state index in [1.165, 1.54) is 0 Å². The Morgan fingerprint density at radius 3 is 2.17 bits per heavy atom. The van der Waals surface area contributed by atoms with Gasteiger partial charge in [0, 0.05) is 12.6 Å². The minimum Gasteiger partial charge on any atom is -0.313 e. The Labute approximate surface area is 110 Å². The van der Waals surface area contributed by atoms with Gasteiger partial charge in [-0.05, 0) is 31.5 Å². The molecule has 0 atom stereocenters. The lowest BCUT2D eigenvalue weighted by atomic mass is 10.1. The topological polar surface area (TPSA) is 58.2 Å². The maximum atomic E-state index is 11.7. The first-order valence-corrected chi connectivity index (χ1v) is 7.86. The molecule has 0 bridgehead atoms. The minimum absolute atomic E-state index is 0.0344. The van der Waals surface area contributed by atoms with E-state index < -0.39 is 10.0 Å². The van der Waals surface area contributed by atoms with Crippen molar-refractivity contribution in [1.82, 2.24) is 10.0 Å². The van der Waals surface area contributed by atoms with Crippen molar-refractivity contribution in [3.05, 3.63) is 35.4 Å². The summed E-state index contributed by atoms with van der Waals surface area (Å²) in [6.45, 7) is 7.43. The Balaban J connectivity index is 2.63. The van der Waals surface area contributed by atoms with Crippen LogP contribution in [0.2, 0.25) is 0 Å². The van der Waals surface area contributed by atoms with Crippen LogP contribution in [0.4, 0.5) is 0 Å². The van der Waals surface area contributed by atoms with E-state index in [0.717, 1.165) is 24.2 Å². The molecule has 18 heavy (non-hydrogen) atoms. The quantitative estimate of drug-likeness (QED) is 0.791. The highest BCUT2D eigenvalue weighted by atomic mass is 32.2. The molecule has 5 heteroatoms. The van der Waals surface area contributed by atoms with Crippen LogP contribution in [0.25, 0.3) is 0 Å². The molecule has 102 valence electrons. The molecule has 0 aliphatic carbocycles. The monoisotopic (exact) mass is 270 g/mol. The van der Waals surface area contributed by atoms with Gasteiger partial charge in [0.25, 0.3) is 0 Å². The average molecular weight is 270 g/mol. The summed E-state index contributed by atoms with van der Waals surface area (Å²) in [5.41, 5.74) is 1.97. The van der Waals surface area contributed by atoms with Gasteiger partial charge in [-0.25, -0.2) is 13.1 Å². The van der Waals surface area contributed by atoms with Crippen LogP contribution in [0.3, 0.4) is 0 Å². The standard InChI is InChI=1S/C13H22N2O2S/c1-4-14-9-12-5-7-13(8-6-12)10-18(16,17)15-11(2)3/h5-8,11,14-15H,4,9-10H2,1-3H3. The van der Waals surface area contributed by atoms with Crippen LogP contribution in [-0.2, 0) is 22.3 Å². The molecule has 0 saturated heterocycles. The smallest absolute Gasteiger partial charge is 0.216 e. The SMILES string of the molecule is CCNCc1ccc(CS(=O)(=O)NC(C)C)cc1. The van der Waals surface area contributed by atoms with Gasteiger partial charge in [0.2, 0.25) is 10.0 Å². The molecule has 4 nitrogen and oxygen atoms in total. The van der Waals surface area contributed by atoms with Crippen LogP contribution in [0, 0.1) is 0 Å². The molecule has 1 aromatic carbocycles. The van der Waals surface area contributed by atoms with Crippen LogP contribution in [0.5, 0.6) is 0 Å². The van der Waals surface area contributed by atoms with E-state index in [1.54, 1.807) is 0 Å². The first-order valence-electron chi connectivity index (χ1n) is 6.21. The highest BCUT2D eigenvalue weighted by Gasteiger charge is 2.12. The fourth-order valence-electron chi connectivity index (χ4n) is 1.64. The number of rotatable bonds is 7. The summed E-state index contributed by atoms with van der Waals surface area (Å²) in [5, 5.41) is 3.23. The summed E-state index contributed by atoms with van der Waals surface area (Å²) in [6, 6.07) is 7.59. The normalized spacial score (nSPS) is 12.0. The fraction of sp³-hybridized carbons (Fsp3) is 0.538. The lowest BCUT2D eigenvalue weighted by Gasteiger charge is -2.10. The third-order valence-electron chi connectivity index (χ3n) is 2.37. The third-order valence-corrected chi connectivity index (χ3v) is 3.92. The van der Waals surface area contributed by atoms with Crippen molar-refractivity contribution in [2.75, 3.05) is 6.54 Å². The van der Waals surface area contributed by atoms with Crippen molar-refractivity contribution >= 4 is 10.0 Å². The van der Waals surface area contributed by atoms with Crippen molar-refractivity contribution in [2.45, 2.75) is 39.1 Å². The predicted octanol–water partition coefficient (Wildman–Crippen LogP) is 1.62. The lowest BCUT2D eigenvalue weighted by Crippen LogP contribution is -2.31. The molecule has 0 saturated carbocycles. The second-order valence-corrected chi connectivity index (χ2v) is 6.38. The van der Waals surface area contributed by atoms with E-state index in [1.807, 2.05) is 38.1 Å². The molecule has 0 fully saturated rings. The van der Waals surface area contributed by atoms with Gasteiger partial charge in [0.1, 0.15) is 0 Å². The summed E-state index contributed by atoms with van der Waals surface area (Å²) in [6.07, 6.45) is 0. The lowest BCUT2D eigenvalue weighted by molar-refractivity contribution is 0.569. The van der Waals surface area contributed by atoms with Crippen LogP contribution < -0.4 is 10.0 Å². The number of hydrogen-bond acceptors (Lipinski definition) is 3. The number of sulfonamides is 1. The Morgan fingerprint density at radius 2 is 1.67 bits per heavy atom. The summed E-state index contributed by atoms with van der Waals surface area (Å²) in [7, 11) is -3.23. The molecule has 1 rings (SSSR count). The molecule has 0 aromatic heterocycles. The van der Waals surface area contributed by atoms with Crippen LogP contribution in [-0.4, -0.2) is 21.0 Å². The number of hydrogen-bond donors (Lipinski definition) is 2. The third kappa shape index (κ3) is 5.62. The zero-order valence-corrected chi connectivity index (χ0v) is 12.0. The van der Waals surface area contributed by atoms with Crippen molar-refractivity contribution in [1.29, 1.82) is 0 Å². The van der Waals surface area contributed by atoms with E-state index in [0.29, 0.717) is 0 Å². The van der Waals surface area contributed by atoms with Gasteiger partial charge in [0.05, 0.1) is 5.75 Å². The number of benzene rings is 1. The molecule has 2 N–H and O–H groups in total. The molecule has 0 aliphatic rings. The maximum Gasteiger partial charge on any atom is 0.216 e. The molecular weight excluding hydrogens is 248 g/mol. The molecule has 0 radical (unpaired) electrons. The Kier molecular flexibility index (Phi) is 5.78. The van der Waals surface area contributed by atoms with Gasteiger partial charge >= 0.3 is 0 Å². The fourth-order valence-corrected chi connectivity index (χ4v) is 3.08. The van der Waals surface area contributed by atoms with E-state index >= 15 is 0 Å².